The molecule has 24 heavy (non-hydrogen) atoms. The Morgan fingerprint density at radius 1 is 0.542 bits per heavy atom. The maximum absolute atomic E-state index is 6.47. The third-order valence-electron chi connectivity index (χ3n) is 4.98. The summed E-state index contributed by atoms with van der Waals surface area (Å²) >= 11 is 38.8. The summed E-state index contributed by atoms with van der Waals surface area (Å²) in [5.74, 6) is 0. The summed E-state index contributed by atoms with van der Waals surface area (Å²) in [6.45, 7) is 4.60. The van der Waals surface area contributed by atoms with Gasteiger partial charge < -0.3 is 15.4 Å². The Morgan fingerprint density at radius 2 is 0.708 bits per heavy atom. The van der Waals surface area contributed by atoms with Crippen molar-refractivity contribution in [2.75, 3.05) is 0 Å². The lowest BCUT2D eigenvalue weighted by Gasteiger charge is -2.43. The maximum atomic E-state index is 6.47. The average molecular weight is 504 g/mol. The SMILES string of the molecule is CC(B1NB(C(C)[Si](C)(Cl)Cl)NB(C(C)[Si](C)(Cl)Cl)N1)[Si](C)(Cl)Cl. The summed E-state index contributed by atoms with van der Waals surface area (Å²) in [7, 11) is 0. The molecule has 1 rings (SSSR count). The van der Waals surface area contributed by atoms with Crippen LogP contribution in [0.4, 0.5) is 0 Å². The van der Waals surface area contributed by atoms with Crippen LogP contribution >= 0.6 is 66.5 Å². The highest BCUT2D eigenvalue weighted by Gasteiger charge is 2.52. The van der Waals surface area contributed by atoms with Crippen molar-refractivity contribution in [1.82, 2.24) is 15.4 Å². The first-order valence-electron chi connectivity index (χ1n) is 7.96. The van der Waals surface area contributed by atoms with Gasteiger partial charge in [0, 0.05) is 0 Å². The third kappa shape index (κ3) is 6.81. The normalized spacial score (nSPS) is 21.8. The second-order valence-electron chi connectivity index (χ2n) is 7.17. The molecule has 1 heterocycles. The Kier molecular flexibility index (Phi) is 9.05. The highest BCUT2D eigenvalue weighted by Crippen LogP contribution is 2.36. The zero-order valence-electron chi connectivity index (χ0n) is 14.7. The van der Waals surface area contributed by atoms with Crippen LogP contribution in [0.25, 0.3) is 0 Å². The second kappa shape index (κ2) is 8.87. The number of rotatable bonds is 6. The van der Waals surface area contributed by atoms with Crippen LogP contribution in [-0.2, 0) is 0 Å². The van der Waals surface area contributed by atoms with Crippen molar-refractivity contribution in [2.45, 2.75) is 56.7 Å². The lowest BCUT2D eigenvalue weighted by Crippen LogP contribution is -2.79. The van der Waals surface area contributed by atoms with E-state index in [-0.39, 0.29) is 37.3 Å². The molecular weight excluding hydrogens is 480 g/mol. The molecule has 1 saturated heterocycles. The van der Waals surface area contributed by atoms with Crippen molar-refractivity contribution in [3.8, 4) is 0 Å². The zero-order valence-corrected chi connectivity index (χ0v) is 22.3. The molecule has 0 aliphatic carbocycles. The monoisotopic (exact) mass is 501 g/mol. The molecule has 3 atom stereocenters. The van der Waals surface area contributed by atoms with Gasteiger partial charge in [0.25, 0.3) is 20.9 Å². The van der Waals surface area contributed by atoms with Gasteiger partial charge in [-0.2, -0.15) is 0 Å². The van der Waals surface area contributed by atoms with Crippen LogP contribution in [0.3, 0.4) is 0 Å². The Balaban J connectivity index is 3.07. The summed E-state index contributed by atoms with van der Waals surface area (Å²) in [5, 5.41) is 10.6. The quantitative estimate of drug-likeness (QED) is 0.364. The minimum absolute atomic E-state index is 0.0628. The topological polar surface area (TPSA) is 36.1 Å². The molecule has 3 N–H and O–H groups in total. The van der Waals surface area contributed by atoms with Crippen LogP contribution < -0.4 is 15.4 Å². The van der Waals surface area contributed by atoms with E-state index in [0.717, 1.165) is 0 Å². The summed E-state index contributed by atoms with van der Waals surface area (Å²) in [5.41, 5.74) is 0.221. The first-order valence-corrected chi connectivity index (χ1v) is 21.8. The van der Waals surface area contributed by atoms with Crippen molar-refractivity contribution in [2.24, 2.45) is 0 Å². The average Bonchev–Trinajstić information content (AvgIpc) is 2.41. The van der Waals surface area contributed by atoms with Gasteiger partial charge in [-0.3, -0.25) is 0 Å². The van der Waals surface area contributed by atoms with E-state index in [4.69, 9.17) is 66.5 Å². The van der Waals surface area contributed by atoms with E-state index in [1.54, 1.807) is 0 Å². The summed E-state index contributed by atoms with van der Waals surface area (Å²) in [4.78, 5) is 0. The standard InChI is InChI=1S/C9H24B3Cl6N3Si3/c1-7(22(4,13)14)10-19-11(8(2)23(5,15)16)21-12(20-10)9(3)24(6,17)18/h7-9,19-21H,1-6H3. The predicted octanol–water partition coefficient (Wildman–Crippen LogP) is 4.67. The van der Waals surface area contributed by atoms with Crippen molar-refractivity contribution < 1.29 is 0 Å². The van der Waals surface area contributed by atoms with E-state index in [0.29, 0.717) is 0 Å². The second-order valence-corrected chi connectivity index (χ2v) is 31.5. The van der Waals surface area contributed by atoms with Gasteiger partial charge in [0.15, 0.2) is 0 Å². The van der Waals surface area contributed by atoms with Gasteiger partial charge in [0.1, 0.15) is 0 Å². The minimum Gasteiger partial charge on any atom is -0.371 e. The molecule has 0 spiro atoms. The van der Waals surface area contributed by atoms with Gasteiger partial charge >= 0.3 is 0 Å². The van der Waals surface area contributed by atoms with Gasteiger partial charge in [-0.1, -0.05) is 20.8 Å². The molecule has 0 saturated carbocycles. The largest absolute Gasteiger partial charge is 0.371 e. The maximum Gasteiger partial charge on any atom is 0.287 e. The highest BCUT2D eigenvalue weighted by molar-refractivity contribution is 7.49. The Bertz CT molecular complexity index is 368. The molecule has 1 fully saturated rings. The van der Waals surface area contributed by atoms with Crippen LogP contribution in [-0.4, -0.2) is 41.0 Å². The zero-order chi connectivity index (χ0) is 19.1. The summed E-state index contributed by atoms with van der Waals surface area (Å²) in [6.07, 6.45) is 0. The van der Waals surface area contributed by atoms with Crippen molar-refractivity contribution in [3.05, 3.63) is 0 Å². The van der Waals surface area contributed by atoms with E-state index in [1.165, 1.54) is 0 Å². The number of hydrogen-bond acceptors (Lipinski definition) is 3. The van der Waals surface area contributed by atoms with Crippen LogP contribution in [0.1, 0.15) is 20.8 Å². The van der Waals surface area contributed by atoms with Crippen LogP contribution in [0.15, 0.2) is 0 Å². The van der Waals surface area contributed by atoms with Crippen LogP contribution in [0, 0.1) is 0 Å². The van der Waals surface area contributed by atoms with Gasteiger partial charge in [-0.05, 0) is 36.0 Å². The fraction of sp³-hybridized carbons (Fsp3) is 1.00. The summed E-state index contributed by atoms with van der Waals surface area (Å²) < 4.78 is 0. The lowest BCUT2D eigenvalue weighted by molar-refractivity contribution is 1.01. The van der Waals surface area contributed by atoms with Gasteiger partial charge in [0.2, 0.25) is 20.1 Å². The Morgan fingerprint density at radius 3 is 0.833 bits per heavy atom. The van der Waals surface area contributed by atoms with Gasteiger partial charge in [-0.15, -0.1) is 66.5 Å². The number of hydrogen-bond donors (Lipinski definition) is 3. The molecule has 3 nitrogen and oxygen atoms in total. The van der Waals surface area contributed by atoms with Crippen molar-refractivity contribution >= 4 is 108 Å². The fourth-order valence-electron chi connectivity index (χ4n) is 2.47. The lowest BCUT2D eigenvalue weighted by atomic mass is 9.46. The predicted molar refractivity (Wildman–Crippen MR) is 125 cm³/mol. The molecule has 0 aromatic carbocycles. The molecule has 0 aromatic heterocycles. The van der Waals surface area contributed by atoms with E-state index in [9.17, 15) is 0 Å². The number of nitrogens with one attached hydrogen (secondary N) is 3. The van der Waals surface area contributed by atoms with E-state index in [2.05, 4.69) is 36.2 Å². The molecule has 1 aliphatic rings. The molecule has 15 heteroatoms. The molecule has 3 unspecified atom stereocenters. The third-order valence-corrected chi connectivity index (χ3v) is 17.0. The highest BCUT2D eigenvalue weighted by atomic mass is 35.7. The first kappa shape index (κ1) is 24.5. The van der Waals surface area contributed by atoms with Gasteiger partial charge in [0.05, 0.1) is 0 Å². The van der Waals surface area contributed by atoms with Crippen molar-refractivity contribution in [1.29, 1.82) is 0 Å². The molecule has 0 amide bonds. The molecule has 0 bridgehead atoms. The smallest absolute Gasteiger partial charge is 0.287 e. The first-order chi connectivity index (χ1) is 10.5. The molecule has 1 aliphatic heterocycles. The molecular formula is C9H24B3Cl6N3Si3. The Labute approximate surface area is 178 Å². The number of halogens is 6. The van der Waals surface area contributed by atoms with E-state index >= 15 is 0 Å². The fourth-order valence-corrected chi connectivity index (χ4v) is 7.07. The molecule has 138 valence electrons. The van der Waals surface area contributed by atoms with Gasteiger partial charge in [-0.25, -0.2) is 0 Å². The Hall–Kier alpha value is 2.47. The van der Waals surface area contributed by atoms with Crippen molar-refractivity contribution in [3.63, 3.8) is 0 Å². The molecule has 0 aromatic rings. The van der Waals surface area contributed by atoms with Crippen LogP contribution in [0.5, 0.6) is 0 Å². The minimum atomic E-state index is -2.39. The summed E-state index contributed by atoms with van der Waals surface area (Å²) in [6, 6.07) is 0. The van der Waals surface area contributed by atoms with E-state index in [1.807, 2.05) is 19.6 Å². The van der Waals surface area contributed by atoms with E-state index < -0.39 is 20.1 Å². The molecule has 0 radical (unpaired) electrons. The van der Waals surface area contributed by atoms with Crippen LogP contribution in [0.2, 0.25) is 36.0 Å².